The van der Waals surface area contributed by atoms with E-state index in [0.717, 1.165) is 29.8 Å². The number of nitrogens with one attached hydrogen (secondary N) is 2. The van der Waals surface area contributed by atoms with Gasteiger partial charge in [0, 0.05) is 23.8 Å². The Labute approximate surface area is 259 Å². The number of rotatable bonds is 16. The number of H-pyrrole nitrogens is 1. The normalized spacial score (nSPS) is 23.4. The maximum Gasteiger partial charge on any atom is 0.330 e. The maximum absolute atomic E-state index is 12.2. The molecule has 0 aromatic carbocycles. The molecule has 43 heavy (non-hydrogen) atoms. The smallest absolute Gasteiger partial charge is 0.330 e. The van der Waals surface area contributed by atoms with Crippen molar-refractivity contribution in [1.29, 1.82) is 0 Å². The number of hydrogen-bond acceptors (Lipinski definition) is 11. The van der Waals surface area contributed by atoms with E-state index in [-0.39, 0.29) is 42.1 Å². The number of aliphatic hydroxyl groups excluding tert-OH is 4. The predicted molar refractivity (Wildman–Crippen MR) is 166 cm³/mol. The first-order valence-electron chi connectivity index (χ1n) is 14.7. The zero-order valence-electron chi connectivity index (χ0n) is 24.9. The number of fused-ring (bicyclic) bond motifs is 1. The van der Waals surface area contributed by atoms with Crippen LogP contribution in [0.4, 0.5) is 5.69 Å². The Bertz CT molecular complexity index is 1250. The lowest BCUT2D eigenvalue weighted by Crippen LogP contribution is -2.54. The van der Waals surface area contributed by atoms with Gasteiger partial charge in [0.25, 0.3) is 5.56 Å². The van der Waals surface area contributed by atoms with Crippen LogP contribution in [0.1, 0.15) is 65.7 Å². The zero-order valence-corrected chi connectivity index (χ0v) is 26.5. The Hall–Kier alpha value is -2.39. The van der Waals surface area contributed by atoms with E-state index in [2.05, 4.69) is 10.3 Å². The third kappa shape index (κ3) is 10.3. The second-order valence-corrected chi connectivity index (χ2v) is 13.3. The Kier molecular flexibility index (Phi) is 14.0. The highest BCUT2D eigenvalue weighted by atomic mass is 32.9. The second kappa shape index (κ2) is 17.2. The third-order valence-corrected chi connectivity index (χ3v) is 9.83. The molecule has 7 unspecified atom stereocenters. The molecule has 240 valence electrons. The van der Waals surface area contributed by atoms with Crippen molar-refractivity contribution in [3.05, 3.63) is 39.5 Å². The number of aliphatic hydroxyl groups is 4. The number of ether oxygens (including phenoxy) is 2. The summed E-state index contributed by atoms with van der Waals surface area (Å²) in [6.07, 6.45) is 4.15. The number of carbonyl (C=O) groups excluding carboxylic acids is 2. The van der Waals surface area contributed by atoms with Crippen LogP contribution in [0.5, 0.6) is 0 Å². The Morgan fingerprint density at radius 1 is 1.16 bits per heavy atom. The van der Waals surface area contributed by atoms with Crippen molar-refractivity contribution in [3.8, 4) is 10.6 Å². The summed E-state index contributed by atoms with van der Waals surface area (Å²) in [5, 5.41) is 45.9. The van der Waals surface area contributed by atoms with Gasteiger partial charge in [-0.05, 0) is 44.6 Å². The van der Waals surface area contributed by atoms with Crippen molar-refractivity contribution in [3.63, 3.8) is 0 Å². The fraction of sp³-hybridized carbons (Fsp3) is 0.633. The average Bonchev–Trinajstić information content (AvgIpc) is 3.53. The fourth-order valence-electron chi connectivity index (χ4n) is 4.77. The molecule has 13 heteroatoms. The molecule has 0 saturated carbocycles. The van der Waals surface area contributed by atoms with Crippen molar-refractivity contribution >= 4 is 38.2 Å². The van der Waals surface area contributed by atoms with E-state index in [1.807, 2.05) is 24.5 Å². The summed E-state index contributed by atoms with van der Waals surface area (Å²) in [7, 11) is 2.94. The zero-order chi connectivity index (χ0) is 31.5. The van der Waals surface area contributed by atoms with Gasteiger partial charge in [-0.25, -0.2) is 4.79 Å². The van der Waals surface area contributed by atoms with Crippen LogP contribution in [0.2, 0.25) is 0 Å². The quantitative estimate of drug-likeness (QED) is 0.0527. The molecular formula is C30H44N2O9S2. The molecule has 3 aliphatic heterocycles. The number of carbonyl (C=O) groups is 2. The highest BCUT2D eigenvalue weighted by Gasteiger charge is 2.41. The van der Waals surface area contributed by atoms with Crippen molar-refractivity contribution in [2.75, 3.05) is 18.5 Å². The molecule has 3 heterocycles. The largest absolute Gasteiger partial charge is 0.463 e. The Balaban J connectivity index is 1.28. The molecule has 6 N–H and O–H groups in total. The molecule has 11 nitrogen and oxygen atoms in total. The topological polar surface area (TPSA) is 178 Å². The number of hydrogen-bond donors (Lipinski definition) is 6. The minimum Gasteiger partial charge on any atom is -0.463 e. The van der Waals surface area contributed by atoms with E-state index in [1.165, 1.54) is 33.7 Å². The number of allylic oxidation sites excluding steroid dienone is 1. The highest BCUT2D eigenvalue weighted by molar-refractivity contribution is 7.70. The molecule has 3 rings (SSSR count). The molecule has 0 aromatic rings. The van der Waals surface area contributed by atoms with Gasteiger partial charge in [0.1, 0.15) is 24.0 Å². The fourth-order valence-corrected chi connectivity index (χ4v) is 6.93. The average molecular weight is 641 g/mol. The van der Waals surface area contributed by atoms with Gasteiger partial charge >= 0.3 is 5.97 Å². The van der Waals surface area contributed by atoms with Crippen LogP contribution in [-0.2, 0) is 19.1 Å². The van der Waals surface area contributed by atoms with Crippen LogP contribution in [-0.4, -0.2) is 81.0 Å². The third-order valence-electron chi connectivity index (χ3n) is 7.74. The number of aromatic nitrogens is 1. The van der Waals surface area contributed by atoms with Crippen LogP contribution in [0, 0.1) is 11.8 Å². The van der Waals surface area contributed by atoms with Gasteiger partial charge in [0.2, 0.25) is 5.91 Å². The summed E-state index contributed by atoms with van der Waals surface area (Å²) >= 11 is 0. The van der Waals surface area contributed by atoms with Crippen LogP contribution in [0.3, 0.4) is 0 Å². The van der Waals surface area contributed by atoms with E-state index in [4.69, 9.17) is 9.47 Å². The summed E-state index contributed by atoms with van der Waals surface area (Å²) in [6, 6.07) is 0. The Morgan fingerprint density at radius 3 is 2.63 bits per heavy atom. The highest BCUT2D eigenvalue weighted by Crippen LogP contribution is 2.35. The molecule has 3 aliphatic rings. The van der Waals surface area contributed by atoms with Crippen molar-refractivity contribution in [2.24, 2.45) is 11.8 Å². The molecule has 0 aromatic heterocycles. The van der Waals surface area contributed by atoms with Gasteiger partial charge in [-0.2, -0.15) is 0 Å². The SMILES string of the molecule is CC(=CC(=O)OCCCCCCCC(=O)Nc1c2sscc-2[nH]c1=O)C(O)C1OCC(CC=CC(C)C(C)O)C(O)C1O. The maximum atomic E-state index is 12.2. The van der Waals surface area contributed by atoms with Crippen molar-refractivity contribution < 1.29 is 39.5 Å². The van der Waals surface area contributed by atoms with E-state index < -0.39 is 36.5 Å². The number of esters is 1. The summed E-state index contributed by atoms with van der Waals surface area (Å²) in [6.45, 7) is 5.45. The van der Waals surface area contributed by atoms with Gasteiger partial charge in [-0.3, -0.25) is 9.59 Å². The molecule has 0 aliphatic carbocycles. The van der Waals surface area contributed by atoms with Crippen LogP contribution >= 0.6 is 20.7 Å². The lowest BCUT2D eigenvalue weighted by atomic mass is 9.86. The predicted octanol–water partition coefficient (Wildman–Crippen LogP) is 3.43. The van der Waals surface area contributed by atoms with Crippen LogP contribution in [0.25, 0.3) is 10.6 Å². The molecule has 1 saturated heterocycles. The van der Waals surface area contributed by atoms with Gasteiger partial charge < -0.3 is 40.2 Å². The first-order valence-corrected chi connectivity index (χ1v) is 17.0. The van der Waals surface area contributed by atoms with E-state index in [9.17, 15) is 34.8 Å². The molecular weight excluding hydrogens is 596 g/mol. The first-order chi connectivity index (χ1) is 20.5. The monoisotopic (exact) mass is 640 g/mol. The summed E-state index contributed by atoms with van der Waals surface area (Å²) < 4.78 is 10.9. The van der Waals surface area contributed by atoms with Crippen molar-refractivity contribution in [1.82, 2.24) is 4.98 Å². The lowest BCUT2D eigenvalue weighted by Gasteiger charge is -2.39. The lowest BCUT2D eigenvalue weighted by molar-refractivity contribution is -0.187. The van der Waals surface area contributed by atoms with Crippen molar-refractivity contribution in [2.45, 2.75) is 96.2 Å². The molecule has 1 amide bonds. The van der Waals surface area contributed by atoms with E-state index in [0.29, 0.717) is 31.4 Å². The molecule has 0 radical (unpaired) electrons. The van der Waals surface area contributed by atoms with Gasteiger partial charge in [0.05, 0.1) is 36.0 Å². The summed E-state index contributed by atoms with van der Waals surface area (Å²) in [5.41, 5.74) is 1.04. The molecule has 7 atom stereocenters. The molecule has 0 spiro atoms. The van der Waals surface area contributed by atoms with Gasteiger partial charge in [-0.1, -0.05) is 59.0 Å². The minimum atomic E-state index is -1.34. The van der Waals surface area contributed by atoms with E-state index >= 15 is 0 Å². The second-order valence-electron chi connectivity index (χ2n) is 11.2. The minimum absolute atomic E-state index is 0.0386. The number of amides is 1. The standard InChI is InChI=1S/C30H44N2O9S2/c1-17(19(3)33)10-9-11-20-15-41-28(27(38)26(20)37)25(36)18(2)14-23(35)40-13-8-6-4-5-7-12-22(34)32-24-29-21(16-42-43-29)31-30(24)39/h9-10,14,16-17,19-20,25-28,33,36-38H,4-8,11-13,15H2,1-3H3,(H,31,39)(H,32,34). The first kappa shape index (κ1) is 35.1. The van der Waals surface area contributed by atoms with Crippen LogP contribution < -0.4 is 10.9 Å². The molecule has 0 bridgehead atoms. The Morgan fingerprint density at radius 2 is 1.88 bits per heavy atom. The van der Waals surface area contributed by atoms with Gasteiger partial charge in [-0.15, -0.1) is 0 Å². The summed E-state index contributed by atoms with van der Waals surface area (Å²) in [4.78, 5) is 39.9. The van der Waals surface area contributed by atoms with Crippen LogP contribution in [0.15, 0.2) is 34.0 Å². The summed E-state index contributed by atoms with van der Waals surface area (Å²) in [5.74, 6) is -1.21. The molecule has 1 fully saturated rings. The number of anilines is 1. The van der Waals surface area contributed by atoms with Gasteiger partial charge in [0.15, 0.2) is 0 Å². The number of aromatic amines is 1. The number of unbranched alkanes of at least 4 members (excludes halogenated alkanes) is 4. The van der Waals surface area contributed by atoms with E-state index in [1.54, 1.807) is 6.92 Å².